The van der Waals surface area contributed by atoms with Crippen LogP contribution in [0.1, 0.15) is 142 Å². The fourth-order valence-electron chi connectivity index (χ4n) is 14.8. The van der Waals surface area contributed by atoms with Crippen LogP contribution in [0.15, 0.2) is 140 Å². The van der Waals surface area contributed by atoms with Gasteiger partial charge in [-0.2, -0.15) is 25.3 Å². The van der Waals surface area contributed by atoms with Crippen molar-refractivity contribution in [3.05, 3.63) is 162 Å². The van der Waals surface area contributed by atoms with Crippen LogP contribution >= 0.6 is 25.3 Å². The Morgan fingerprint density at radius 3 is 1.31 bits per heavy atom. The number of rotatable bonds is 55. The zero-order valence-electron chi connectivity index (χ0n) is 78.1. The van der Waals surface area contributed by atoms with Gasteiger partial charge in [0.1, 0.15) is 90.4 Å². The van der Waals surface area contributed by atoms with E-state index in [9.17, 15) is 72.2 Å². The fraction of sp³-hybridized carbons (Fsp3) is 0.436. The first-order valence-corrected chi connectivity index (χ1v) is 45.5. The van der Waals surface area contributed by atoms with Crippen molar-refractivity contribution in [2.75, 3.05) is 19.7 Å². The Bertz CT molecular complexity index is 5610. The number of aromatic nitrogens is 1. The molecule has 138 heavy (non-hydrogen) atoms. The average Bonchev–Trinajstić information content (AvgIpc) is 1.71. The van der Waals surface area contributed by atoms with Crippen LogP contribution in [0.25, 0.3) is 32.4 Å². The molecule has 1 heterocycles. The van der Waals surface area contributed by atoms with Crippen molar-refractivity contribution in [3.8, 4) is 5.75 Å². The van der Waals surface area contributed by atoms with Gasteiger partial charge in [-0.3, -0.25) is 91.1 Å². The summed E-state index contributed by atoms with van der Waals surface area (Å²) in [6.07, 6.45) is -5.22. The SMILES string of the molecule is CC(=O)NCCCC[C@H](NC(=O)C(C)(C)NC(=O)[C@H](Cc1ccc2ccccc2c1)NC(=O)[C@H](Cc1ccc(OCCN)cc1)NC(=O)[C@@H](NC(=O)[C@H](CCC(N)=O)NC(=O)[C@H](Cc1c[nH]c2ccccc12)NC(=O)[C@@H](NC(=O)[C@H](CCC(N)=O)NC(=O)[C@@H](NC(=O)[C@H](Cc1ccc2ccccc2c1)NC(C)=O)C(C)(C)S)[C@@H](C)O)C(C)(C)S)C(=O)N[C@@H](CC(N)=O)C(=O)N[C@@H](CC(N)=O)C(N)=O. The van der Waals surface area contributed by atoms with Crippen LogP contribution in [0.5, 0.6) is 5.75 Å². The Hall–Kier alpha value is -14.3. The molecule has 42 nitrogen and oxygen atoms in total. The zero-order chi connectivity index (χ0) is 102. The van der Waals surface area contributed by atoms with Crippen LogP contribution in [0, 0.1) is 0 Å². The van der Waals surface area contributed by atoms with Crippen LogP contribution in [0.2, 0.25) is 0 Å². The Morgan fingerprint density at radius 2 is 0.812 bits per heavy atom. The minimum atomic E-state index is -2.05. The number of carbonyl (C=O) groups is 19. The molecule has 0 bridgehead atoms. The number of para-hydroxylation sites is 1. The van der Waals surface area contributed by atoms with E-state index in [0.717, 1.165) is 23.1 Å². The van der Waals surface area contributed by atoms with Gasteiger partial charge in [0.05, 0.1) is 18.9 Å². The molecule has 0 radical (unpaired) electrons. The summed E-state index contributed by atoms with van der Waals surface area (Å²) >= 11 is 9.38. The van der Waals surface area contributed by atoms with Crippen molar-refractivity contribution in [2.24, 2.45) is 34.4 Å². The predicted molar refractivity (Wildman–Crippen MR) is 517 cm³/mol. The van der Waals surface area contributed by atoms with Gasteiger partial charge in [-0.05, 0) is 143 Å². The summed E-state index contributed by atoms with van der Waals surface area (Å²) in [5.41, 5.74) is 33.5. The molecule has 6 aromatic carbocycles. The maximum Gasteiger partial charge on any atom is 0.245 e. The Labute approximate surface area is 807 Å². The maximum atomic E-state index is 15.6. The molecule has 0 fully saturated rings. The lowest BCUT2D eigenvalue weighted by molar-refractivity contribution is -0.138. The molecule has 744 valence electrons. The first-order valence-electron chi connectivity index (χ1n) is 44.6. The van der Waals surface area contributed by atoms with E-state index in [1.807, 2.05) is 42.5 Å². The molecular weight excluding hydrogens is 1820 g/mol. The first-order chi connectivity index (χ1) is 64.9. The summed E-state index contributed by atoms with van der Waals surface area (Å²) in [6.45, 7) is 12.3. The van der Waals surface area contributed by atoms with E-state index in [1.54, 1.807) is 91.0 Å². The summed E-state index contributed by atoms with van der Waals surface area (Å²) in [6, 6.07) is 17.7. The highest BCUT2D eigenvalue weighted by Crippen LogP contribution is 2.26. The molecule has 0 aliphatic carbocycles. The summed E-state index contributed by atoms with van der Waals surface area (Å²) in [7, 11) is 0. The quantitative estimate of drug-likeness (QED) is 0.0141. The molecule has 44 heteroatoms. The summed E-state index contributed by atoms with van der Waals surface area (Å²) < 4.78 is 2.64. The molecule has 13 atom stereocenters. The van der Waals surface area contributed by atoms with E-state index in [1.165, 1.54) is 61.6 Å². The van der Waals surface area contributed by atoms with Gasteiger partial charge in [-0.25, -0.2) is 0 Å². The number of unbranched alkanes of at least 4 members (excludes halogenated alkanes) is 1. The topological polar surface area (TPSA) is 694 Å². The third-order valence-corrected chi connectivity index (χ3v) is 22.7. The number of primary amides is 5. The van der Waals surface area contributed by atoms with Crippen molar-refractivity contribution in [1.29, 1.82) is 0 Å². The first kappa shape index (κ1) is 111. The molecule has 28 N–H and O–H groups in total. The van der Waals surface area contributed by atoms with Gasteiger partial charge < -0.3 is 124 Å². The van der Waals surface area contributed by atoms with E-state index >= 15 is 24.0 Å². The van der Waals surface area contributed by atoms with Gasteiger partial charge in [0.25, 0.3) is 0 Å². The maximum absolute atomic E-state index is 15.6. The van der Waals surface area contributed by atoms with Crippen molar-refractivity contribution in [3.63, 3.8) is 0 Å². The lowest BCUT2D eigenvalue weighted by Crippen LogP contribution is -2.65. The number of hydrogen-bond acceptors (Lipinski definition) is 24. The standard InChI is InChI=1S/C94H125N21O21S2/c1-49(116)76(112-81(125)64(33-35-72(96)119)105-89(133)77(93(6,7)137)114-86(130)67(103-51(3)118)43-53-25-29-55-18-10-12-20-57(55)40-53)88(132)109-70(45-59-48-102-62-23-15-14-22-61(59)62)84(128)104-65(34-36-73(97)120)82(126)113-78(94(8,9)138)90(134)110-68(42-52-27-31-60(32-28-52)136-39-37-95)83(127)107-69(44-54-26-30-56-19-11-13-21-58(56)41-54)87(131)115-92(4,5)91(135)111-63(24-16-17-38-101-50(2)117)80(124)108-71(47-75(99)122)85(129)106-66(79(100)123)46-74(98)121/h10-15,18-23,25-32,40-41,48-49,63-71,76-78,102,116,137-138H,16-17,24,33-39,42-47,95H2,1-9H3,(H2,96,119)(H2,97,120)(H2,98,121)(H2,99,122)(H2,100,123)(H,101,117)(H,103,118)(H,104,128)(H,105,133)(H,106,129)(H,107,127)(H,108,124)(H,109,132)(H,110,134)(H,111,135)(H,112,125)(H,113,126)(H,114,130)(H,115,131)/t49-,63+,64+,65+,66+,67+,68+,69+,70+,71+,76+,77-,78-/m1/s1. The summed E-state index contributed by atoms with van der Waals surface area (Å²) in [5.74, 6) is -19.0. The highest BCUT2D eigenvalue weighted by atomic mass is 32.1. The minimum absolute atomic E-state index is 0.0329. The number of amides is 19. The van der Waals surface area contributed by atoms with E-state index < -0.39 is 245 Å². The molecule has 7 rings (SSSR count). The van der Waals surface area contributed by atoms with Crippen molar-refractivity contribution < 1.29 is 101 Å². The average molecular weight is 1950 g/mol. The highest BCUT2D eigenvalue weighted by Gasteiger charge is 2.44. The molecule has 0 unspecified atom stereocenters. The fourth-order valence-corrected chi connectivity index (χ4v) is 15.2. The Balaban J connectivity index is 1.19. The molecule has 0 saturated carbocycles. The molecule has 0 spiro atoms. The van der Waals surface area contributed by atoms with E-state index in [2.05, 4.69) is 92.0 Å². The Morgan fingerprint density at radius 1 is 0.406 bits per heavy atom. The zero-order valence-corrected chi connectivity index (χ0v) is 79.9. The second kappa shape index (κ2) is 51.6. The number of nitrogens with two attached hydrogens (primary N) is 6. The van der Waals surface area contributed by atoms with Crippen LogP contribution in [0.3, 0.4) is 0 Å². The lowest BCUT2D eigenvalue weighted by atomic mass is 9.97. The number of nitrogens with one attached hydrogen (secondary N) is 15. The van der Waals surface area contributed by atoms with Crippen molar-refractivity contribution in [1.82, 2.24) is 79.4 Å². The highest BCUT2D eigenvalue weighted by molar-refractivity contribution is 7.82. The van der Waals surface area contributed by atoms with Crippen LogP contribution in [0.4, 0.5) is 0 Å². The number of aromatic amines is 1. The normalized spacial score (nSPS) is 14.3. The summed E-state index contributed by atoms with van der Waals surface area (Å²) in [4.78, 5) is 267. The number of carbonyl (C=O) groups excluding carboxylic acids is 19. The molecule has 0 saturated heterocycles. The summed E-state index contributed by atoms with van der Waals surface area (Å²) in [5, 5.41) is 50.9. The second-order valence-electron chi connectivity index (χ2n) is 35.3. The third-order valence-electron chi connectivity index (χ3n) is 22.2. The van der Waals surface area contributed by atoms with E-state index in [4.69, 9.17) is 51.8 Å². The predicted octanol–water partition coefficient (Wildman–Crippen LogP) is -2.31. The number of thiol groups is 2. The number of ether oxygens (including phenoxy) is 1. The van der Waals surface area contributed by atoms with Crippen molar-refractivity contribution >= 4 is 170 Å². The minimum Gasteiger partial charge on any atom is -0.492 e. The molecule has 7 aromatic rings. The molecule has 19 amide bonds. The second-order valence-corrected chi connectivity index (χ2v) is 37.6. The largest absolute Gasteiger partial charge is 0.492 e. The number of benzene rings is 6. The molecular formula is C94H125N21O21S2. The van der Waals surface area contributed by atoms with E-state index in [0.29, 0.717) is 44.3 Å². The van der Waals surface area contributed by atoms with Crippen molar-refractivity contribution in [2.45, 2.75) is 239 Å². The van der Waals surface area contributed by atoms with Crippen LogP contribution in [-0.4, -0.2) is 236 Å². The smallest absolute Gasteiger partial charge is 0.245 e. The van der Waals surface area contributed by atoms with Gasteiger partial charge >= 0.3 is 0 Å². The number of H-pyrrole nitrogens is 1. The lowest BCUT2D eigenvalue weighted by Gasteiger charge is -2.33. The van der Waals surface area contributed by atoms with Gasteiger partial charge in [-0.1, -0.05) is 115 Å². The Kier molecular flexibility index (Phi) is 41.4. The number of hydrogen-bond donors (Lipinski definition) is 24. The van der Waals surface area contributed by atoms with Gasteiger partial charge in [0, 0.05) is 92.1 Å². The molecule has 0 aliphatic rings. The monoisotopic (exact) mass is 1950 g/mol. The van der Waals surface area contributed by atoms with Gasteiger partial charge in [-0.15, -0.1) is 0 Å². The van der Waals surface area contributed by atoms with E-state index in [-0.39, 0.29) is 64.1 Å². The van der Waals surface area contributed by atoms with Gasteiger partial charge in [0.15, 0.2) is 0 Å². The number of fused-ring (bicyclic) bond motifs is 3. The molecule has 0 aliphatic heterocycles. The number of aliphatic hydroxyl groups excluding tert-OH is 1. The number of aliphatic hydroxyl groups is 1. The molecule has 1 aromatic heterocycles. The van der Waals surface area contributed by atoms with Gasteiger partial charge in [0.2, 0.25) is 112 Å². The van der Waals surface area contributed by atoms with Crippen LogP contribution in [-0.2, 0) is 117 Å². The van der Waals surface area contributed by atoms with Crippen LogP contribution < -0.4 is 114 Å². The third kappa shape index (κ3) is 35.1.